The topological polar surface area (TPSA) is 78.5 Å². The molecule has 2 rings (SSSR count). The summed E-state index contributed by atoms with van der Waals surface area (Å²) in [5.74, 6) is 1.70. The van der Waals surface area contributed by atoms with Gasteiger partial charge in [0.15, 0.2) is 0 Å². The number of hydrogen-bond donors (Lipinski definition) is 2. The van der Waals surface area contributed by atoms with Gasteiger partial charge >= 0.3 is 0 Å². The predicted molar refractivity (Wildman–Crippen MR) is 67.2 cm³/mol. The van der Waals surface area contributed by atoms with Crippen molar-refractivity contribution in [2.75, 3.05) is 43.5 Å². The molecule has 1 aliphatic heterocycles. The number of hydrogen-bond acceptors (Lipinski definition) is 6. The first-order valence-corrected chi connectivity index (χ1v) is 5.71. The second-order valence-electron chi connectivity index (χ2n) is 4.73. The zero-order valence-electron chi connectivity index (χ0n) is 10.3. The molecule has 6 heteroatoms. The highest BCUT2D eigenvalue weighted by atomic mass is 16.3. The summed E-state index contributed by atoms with van der Waals surface area (Å²) in [6, 6.07) is 1.92. The lowest BCUT2D eigenvalue weighted by molar-refractivity contribution is 0.0725. The molecule has 0 saturated carbocycles. The summed E-state index contributed by atoms with van der Waals surface area (Å²) in [6.07, 6.45) is 2.23. The van der Waals surface area contributed by atoms with E-state index in [0.29, 0.717) is 13.0 Å². The van der Waals surface area contributed by atoms with Crippen LogP contribution in [0.3, 0.4) is 0 Å². The molecular weight excluding hydrogens is 218 g/mol. The van der Waals surface area contributed by atoms with E-state index < -0.39 is 5.60 Å². The van der Waals surface area contributed by atoms with Crippen LogP contribution in [0, 0.1) is 0 Å². The van der Waals surface area contributed by atoms with Crippen LogP contribution in [-0.4, -0.2) is 54.4 Å². The summed E-state index contributed by atoms with van der Waals surface area (Å²) in [5, 5.41) is 10.1. The third-order valence-corrected chi connectivity index (χ3v) is 3.13. The van der Waals surface area contributed by atoms with E-state index >= 15 is 0 Å². The minimum atomic E-state index is -0.775. The first-order valence-electron chi connectivity index (χ1n) is 5.71. The molecule has 0 radical (unpaired) electrons. The zero-order valence-corrected chi connectivity index (χ0v) is 10.3. The van der Waals surface area contributed by atoms with Crippen molar-refractivity contribution >= 4 is 11.6 Å². The summed E-state index contributed by atoms with van der Waals surface area (Å²) in [6.45, 7) is 1.60. The average molecular weight is 237 g/mol. The molecule has 1 aliphatic rings. The molecule has 1 aromatic heterocycles. The molecule has 3 N–H and O–H groups in total. The van der Waals surface area contributed by atoms with E-state index in [-0.39, 0.29) is 6.54 Å². The van der Waals surface area contributed by atoms with E-state index in [1.165, 1.54) is 0 Å². The van der Waals surface area contributed by atoms with Crippen molar-refractivity contribution in [3.8, 4) is 0 Å². The van der Waals surface area contributed by atoms with Crippen LogP contribution < -0.4 is 15.5 Å². The summed E-state index contributed by atoms with van der Waals surface area (Å²) in [7, 11) is 3.87. The molecule has 1 unspecified atom stereocenters. The lowest BCUT2D eigenvalue weighted by atomic mass is 10.0. The number of rotatable bonds is 3. The molecule has 1 fully saturated rings. The number of aromatic nitrogens is 2. The Kier molecular flexibility index (Phi) is 3.17. The molecular formula is C11H19N5O. The van der Waals surface area contributed by atoms with Crippen LogP contribution in [0.4, 0.5) is 11.6 Å². The van der Waals surface area contributed by atoms with Gasteiger partial charge in [0.1, 0.15) is 18.0 Å². The predicted octanol–water partition coefficient (Wildman–Crippen LogP) is -0.557. The maximum atomic E-state index is 10.1. The Bertz CT molecular complexity index is 397. The van der Waals surface area contributed by atoms with Gasteiger partial charge in [-0.1, -0.05) is 0 Å². The van der Waals surface area contributed by atoms with Gasteiger partial charge in [-0.05, 0) is 6.42 Å². The number of anilines is 2. The Labute approximate surface area is 101 Å². The van der Waals surface area contributed by atoms with E-state index in [9.17, 15) is 5.11 Å². The number of aliphatic hydroxyl groups is 1. The summed E-state index contributed by atoms with van der Waals surface area (Å²) in [5.41, 5.74) is 4.79. The monoisotopic (exact) mass is 237 g/mol. The highest BCUT2D eigenvalue weighted by Crippen LogP contribution is 2.25. The van der Waals surface area contributed by atoms with Gasteiger partial charge < -0.3 is 20.6 Å². The van der Waals surface area contributed by atoms with Crippen LogP contribution in [0.5, 0.6) is 0 Å². The molecule has 1 aromatic rings. The van der Waals surface area contributed by atoms with Crippen LogP contribution in [0.2, 0.25) is 0 Å². The molecule has 0 bridgehead atoms. The van der Waals surface area contributed by atoms with Crippen LogP contribution in [0.25, 0.3) is 0 Å². The van der Waals surface area contributed by atoms with E-state index in [0.717, 1.165) is 18.2 Å². The third-order valence-electron chi connectivity index (χ3n) is 3.13. The fraction of sp³-hybridized carbons (Fsp3) is 0.636. The SMILES string of the molecule is CN(C)c1cc(N2CCC(O)(CN)C2)ncn1. The van der Waals surface area contributed by atoms with Gasteiger partial charge in [-0.25, -0.2) is 9.97 Å². The summed E-state index contributed by atoms with van der Waals surface area (Å²) in [4.78, 5) is 12.4. The number of β-amino-alcohol motifs (C(OH)–C–C–N with tert-alkyl or cyclic N) is 1. The zero-order chi connectivity index (χ0) is 12.5. The number of nitrogens with two attached hydrogens (primary N) is 1. The maximum absolute atomic E-state index is 10.1. The second-order valence-corrected chi connectivity index (χ2v) is 4.73. The van der Waals surface area contributed by atoms with Gasteiger partial charge in [-0.2, -0.15) is 0 Å². The molecule has 6 nitrogen and oxygen atoms in total. The first-order chi connectivity index (χ1) is 8.04. The van der Waals surface area contributed by atoms with Crippen LogP contribution in [-0.2, 0) is 0 Å². The highest BCUT2D eigenvalue weighted by molar-refractivity contribution is 5.50. The van der Waals surface area contributed by atoms with Gasteiger partial charge in [0.25, 0.3) is 0 Å². The highest BCUT2D eigenvalue weighted by Gasteiger charge is 2.35. The fourth-order valence-electron chi connectivity index (χ4n) is 1.97. The average Bonchev–Trinajstić information content (AvgIpc) is 2.73. The largest absolute Gasteiger partial charge is 0.387 e. The standard InChI is InChI=1S/C11H19N5O/c1-15(2)9-5-10(14-8-13-9)16-4-3-11(17,6-12)7-16/h5,8,17H,3-4,6-7,12H2,1-2H3. The molecule has 94 valence electrons. The Morgan fingerprint density at radius 1 is 1.53 bits per heavy atom. The van der Waals surface area contributed by atoms with Crippen LogP contribution >= 0.6 is 0 Å². The van der Waals surface area contributed by atoms with E-state index in [4.69, 9.17) is 5.73 Å². The van der Waals surface area contributed by atoms with E-state index in [1.807, 2.05) is 30.0 Å². The first kappa shape index (κ1) is 12.1. The maximum Gasteiger partial charge on any atom is 0.134 e. The van der Waals surface area contributed by atoms with Crippen LogP contribution in [0.1, 0.15) is 6.42 Å². The second kappa shape index (κ2) is 4.46. The molecule has 0 spiro atoms. The summed E-state index contributed by atoms with van der Waals surface area (Å²) >= 11 is 0. The summed E-state index contributed by atoms with van der Waals surface area (Å²) < 4.78 is 0. The fourth-order valence-corrected chi connectivity index (χ4v) is 1.97. The molecule has 2 heterocycles. The van der Waals surface area contributed by atoms with Gasteiger partial charge in [0.2, 0.25) is 0 Å². The van der Waals surface area contributed by atoms with Crippen molar-refractivity contribution < 1.29 is 5.11 Å². The van der Waals surface area contributed by atoms with Crippen molar-refractivity contribution in [2.45, 2.75) is 12.0 Å². The van der Waals surface area contributed by atoms with Crippen molar-refractivity contribution in [2.24, 2.45) is 5.73 Å². The minimum absolute atomic E-state index is 0.287. The molecule has 0 aromatic carbocycles. The third kappa shape index (κ3) is 2.48. The quantitative estimate of drug-likeness (QED) is 0.734. The van der Waals surface area contributed by atoms with Gasteiger partial charge in [-0.3, -0.25) is 0 Å². The molecule has 1 saturated heterocycles. The lowest BCUT2D eigenvalue weighted by Crippen LogP contribution is -2.40. The van der Waals surface area contributed by atoms with Crippen molar-refractivity contribution in [1.82, 2.24) is 9.97 Å². The Morgan fingerprint density at radius 2 is 2.29 bits per heavy atom. The number of nitrogens with zero attached hydrogens (tertiary/aromatic N) is 4. The smallest absolute Gasteiger partial charge is 0.134 e. The van der Waals surface area contributed by atoms with Crippen LogP contribution in [0.15, 0.2) is 12.4 Å². The van der Waals surface area contributed by atoms with Gasteiger partial charge in [0, 0.05) is 39.8 Å². The Morgan fingerprint density at radius 3 is 2.88 bits per heavy atom. The molecule has 0 aliphatic carbocycles. The Balaban J connectivity index is 2.16. The Hall–Kier alpha value is -1.40. The van der Waals surface area contributed by atoms with E-state index in [2.05, 4.69) is 9.97 Å². The lowest BCUT2D eigenvalue weighted by Gasteiger charge is -2.22. The minimum Gasteiger partial charge on any atom is -0.387 e. The molecule has 0 amide bonds. The van der Waals surface area contributed by atoms with Crippen molar-refractivity contribution in [3.63, 3.8) is 0 Å². The van der Waals surface area contributed by atoms with E-state index in [1.54, 1.807) is 6.33 Å². The molecule has 1 atom stereocenters. The van der Waals surface area contributed by atoms with Gasteiger partial charge in [0.05, 0.1) is 5.60 Å². The molecule has 17 heavy (non-hydrogen) atoms. The van der Waals surface area contributed by atoms with Crippen molar-refractivity contribution in [3.05, 3.63) is 12.4 Å². The normalized spacial score (nSPS) is 24.1. The van der Waals surface area contributed by atoms with Crippen molar-refractivity contribution in [1.29, 1.82) is 0 Å². The van der Waals surface area contributed by atoms with Gasteiger partial charge in [-0.15, -0.1) is 0 Å².